The van der Waals surface area contributed by atoms with Crippen LogP contribution in [0.15, 0.2) is 58.7 Å². The van der Waals surface area contributed by atoms with Crippen molar-refractivity contribution in [3.8, 4) is 0 Å². The second-order valence-corrected chi connectivity index (χ2v) is 9.22. The molecule has 0 N–H and O–H groups in total. The molecule has 0 saturated heterocycles. The zero-order chi connectivity index (χ0) is 19.3. The van der Waals surface area contributed by atoms with Crippen LogP contribution in [0.3, 0.4) is 0 Å². The van der Waals surface area contributed by atoms with E-state index in [2.05, 4.69) is 88.5 Å². The first kappa shape index (κ1) is 22.7. The maximum absolute atomic E-state index is 4.32. The van der Waals surface area contributed by atoms with E-state index in [4.69, 9.17) is 0 Å². The third-order valence-corrected chi connectivity index (χ3v) is 4.76. The maximum atomic E-state index is 4.32. The first-order valence-electron chi connectivity index (χ1n) is 9.06. The fraction of sp³-hybridized carbons (Fsp3) is 0.583. The second-order valence-electron chi connectivity index (χ2n) is 9.22. The van der Waals surface area contributed by atoms with E-state index in [1.807, 2.05) is 6.08 Å². The average Bonchev–Trinajstić information content (AvgIpc) is 2.42. The van der Waals surface area contributed by atoms with Crippen LogP contribution in [-0.4, -0.2) is 0 Å². The molecule has 24 heavy (non-hydrogen) atoms. The van der Waals surface area contributed by atoms with Crippen molar-refractivity contribution < 1.29 is 0 Å². The normalized spacial score (nSPS) is 14.2. The highest BCUT2D eigenvalue weighted by Gasteiger charge is 2.23. The van der Waals surface area contributed by atoms with E-state index < -0.39 is 0 Å². The summed E-state index contributed by atoms with van der Waals surface area (Å²) < 4.78 is 0. The Labute approximate surface area is 152 Å². The van der Waals surface area contributed by atoms with Gasteiger partial charge in [0.15, 0.2) is 0 Å². The van der Waals surface area contributed by atoms with Gasteiger partial charge in [-0.2, -0.15) is 0 Å². The average molecular weight is 329 g/mol. The van der Waals surface area contributed by atoms with Gasteiger partial charge >= 0.3 is 0 Å². The first-order chi connectivity index (χ1) is 10.7. The predicted molar refractivity (Wildman–Crippen MR) is 112 cm³/mol. The van der Waals surface area contributed by atoms with Gasteiger partial charge in [-0.3, -0.25) is 0 Å². The van der Waals surface area contributed by atoms with Gasteiger partial charge in [0.25, 0.3) is 0 Å². The van der Waals surface area contributed by atoms with Crippen LogP contribution in [0.2, 0.25) is 0 Å². The van der Waals surface area contributed by atoms with E-state index in [0.29, 0.717) is 5.41 Å². The summed E-state index contributed by atoms with van der Waals surface area (Å²) in [6, 6.07) is 0. The highest BCUT2D eigenvalue weighted by Crippen LogP contribution is 2.38. The fourth-order valence-corrected chi connectivity index (χ4v) is 3.13. The van der Waals surface area contributed by atoms with Crippen molar-refractivity contribution in [2.24, 2.45) is 10.8 Å². The number of rotatable bonds is 7. The summed E-state index contributed by atoms with van der Waals surface area (Å²) in [7, 11) is 0. The lowest BCUT2D eigenvalue weighted by molar-refractivity contribution is 0.405. The van der Waals surface area contributed by atoms with Gasteiger partial charge in [-0.1, -0.05) is 71.1 Å². The minimum Gasteiger partial charge on any atom is -0.0988 e. The summed E-state index contributed by atoms with van der Waals surface area (Å²) in [4.78, 5) is 0. The quantitative estimate of drug-likeness (QED) is 0.326. The summed E-state index contributed by atoms with van der Waals surface area (Å²) in [5, 5.41) is 0. The number of hydrogen-bond donors (Lipinski definition) is 0. The van der Waals surface area contributed by atoms with Gasteiger partial charge in [-0.05, 0) is 80.6 Å². The molecule has 0 aliphatic heterocycles. The summed E-state index contributed by atoms with van der Waals surface area (Å²) in [5.41, 5.74) is 8.15. The lowest BCUT2D eigenvalue weighted by Crippen LogP contribution is -2.15. The molecule has 0 aliphatic carbocycles. The molecule has 0 aromatic heterocycles. The van der Waals surface area contributed by atoms with E-state index in [-0.39, 0.29) is 5.41 Å². The fourth-order valence-electron chi connectivity index (χ4n) is 3.13. The van der Waals surface area contributed by atoms with E-state index >= 15 is 0 Å². The molecule has 0 spiro atoms. The van der Waals surface area contributed by atoms with E-state index in [1.54, 1.807) is 0 Å². The molecule has 0 bridgehead atoms. The van der Waals surface area contributed by atoms with Crippen molar-refractivity contribution in [3.05, 3.63) is 58.7 Å². The molecule has 0 aromatic rings. The van der Waals surface area contributed by atoms with Crippen molar-refractivity contribution in [1.29, 1.82) is 0 Å². The molecule has 0 heteroatoms. The van der Waals surface area contributed by atoms with Gasteiger partial charge in [0, 0.05) is 0 Å². The summed E-state index contributed by atoms with van der Waals surface area (Å²) in [5.74, 6) is 0. The Hall–Kier alpha value is -1.30. The molecule has 136 valence electrons. The van der Waals surface area contributed by atoms with Gasteiger partial charge in [0.05, 0.1) is 0 Å². The molecule has 0 atom stereocenters. The molecular formula is C24H40. The summed E-state index contributed by atoms with van der Waals surface area (Å²) in [6.07, 6.45) is 6.58. The standard InChI is InChI=1S/C24H40/c1-13-22(21(7)20(6)19(5)17(2)3)24(11,12)15-14-18(4)16-23(8,9)10/h13-14H,1,6,15-16H2,2-5,7-12H3/b18-14+,22-21+. The van der Waals surface area contributed by atoms with Crippen molar-refractivity contribution in [2.45, 2.75) is 82.1 Å². The largest absolute Gasteiger partial charge is 0.0988 e. The van der Waals surface area contributed by atoms with Gasteiger partial charge in [-0.15, -0.1) is 0 Å². The molecule has 0 saturated carbocycles. The molecule has 0 nitrogen and oxygen atoms in total. The van der Waals surface area contributed by atoms with Crippen LogP contribution >= 0.6 is 0 Å². The zero-order valence-corrected chi connectivity index (χ0v) is 18.0. The maximum Gasteiger partial charge on any atom is -0.00664 e. The lowest BCUT2D eigenvalue weighted by atomic mass is 9.76. The highest BCUT2D eigenvalue weighted by atomic mass is 14.3. The highest BCUT2D eigenvalue weighted by molar-refractivity contribution is 5.50. The Kier molecular flexibility index (Phi) is 8.22. The minimum absolute atomic E-state index is 0.0514. The van der Waals surface area contributed by atoms with Crippen LogP contribution < -0.4 is 0 Å². The Morgan fingerprint density at radius 1 is 0.875 bits per heavy atom. The molecule has 0 rings (SSSR count). The first-order valence-corrected chi connectivity index (χ1v) is 9.06. The van der Waals surface area contributed by atoms with E-state index in [1.165, 1.54) is 27.9 Å². The van der Waals surface area contributed by atoms with E-state index in [9.17, 15) is 0 Å². The molecule has 0 fully saturated rings. The molecule has 0 aromatic carbocycles. The Balaban J connectivity index is 5.60. The van der Waals surface area contributed by atoms with Crippen molar-refractivity contribution >= 4 is 0 Å². The summed E-state index contributed by atoms with van der Waals surface area (Å²) in [6.45, 7) is 30.8. The molecule has 0 unspecified atom stereocenters. The van der Waals surface area contributed by atoms with Crippen LogP contribution in [0.5, 0.6) is 0 Å². The minimum atomic E-state index is 0.0514. The predicted octanol–water partition coefficient (Wildman–Crippen LogP) is 8.20. The van der Waals surface area contributed by atoms with Crippen molar-refractivity contribution in [2.75, 3.05) is 0 Å². The monoisotopic (exact) mass is 328 g/mol. The van der Waals surface area contributed by atoms with Crippen molar-refractivity contribution in [3.63, 3.8) is 0 Å². The molecular weight excluding hydrogens is 288 g/mol. The van der Waals surface area contributed by atoms with Gasteiger partial charge in [-0.25, -0.2) is 0 Å². The topological polar surface area (TPSA) is 0 Å². The van der Waals surface area contributed by atoms with Gasteiger partial charge in [0.2, 0.25) is 0 Å². The SMILES string of the molecule is C=C/C(=C(/C)C(=C)C(C)=C(C)C)C(C)(C)C/C=C(\C)CC(C)(C)C. The van der Waals surface area contributed by atoms with Crippen LogP contribution in [0.1, 0.15) is 82.1 Å². The third-order valence-electron chi connectivity index (χ3n) is 4.76. The Morgan fingerprint density at radius 2 is 1.38 bits per heavy atom. The number of allylic oxidation sites excluding steroid dienone is 8. The lowest BCUT2D eigenvalue weighted by Gasteiger charge is -2.29. The van der Waals surface area contributed by atoms with Crippen LogP contribution in [-0.2, 0) is 0 Å². The Morgan fingerprint density at radius 3 is 1.75 bits per heavy atom. The molecule has 0 heterocycles. The third kappa shape index (κ3) is 7.07. The molecule has 0 radical (unpaired) electrons. The zero-order valence-electron chi connectivity index (χ0n) is 18.0. The molecule has 0 aliphatic rings. The van der Waals surface area contributed by atoms with Gasteiger partial charge in [0.1, 0.15) is 0 Å². The van der Waals surface area contributed by atoms with Crippen LogP contribution in [0.4, 0.5) is 0 Å². The van der Waals surface area contributed by atoms with E-state index in [0.717, 1.165) is 18.4 Å². The van der Waals surface area contributed by atoms with Crippen molar-refractivity contribution in [1.82, 2.24) is 0 Å². The summed E-state index contributed by atoms with van der Waals surface area (Å²) >= 11 is 0. The van der Waals surface area contributed by atoms with Crippen LogP contribution in [0, 0.1) is 10.8 Å². The molecule has 0 amide bonds. The van der Waals surface area contributed by atoms with Crippen LogP contribution in [0.25, 0.3) is 0 Å². The number of hydrogen-bond acceptors (Lipinski definition) is 0. The Bertz CT molecular complexity index is 562. The second kappa shape index (κ2) is 8.70. The smallest absolute Gasteiger partial charge is 0.00664 e. The van der Waals surface area contributed by atoms with Gasteiger partial charge < -0.3 is 0 Å².